The summed E-state index contributed by atoms with van der Waals surface area (Å²) in [5.74, 6) is 0. The van der Waals surface area contributed by atoms with Gasteiger partial charge in [0.1, 0.15) is 0 Å². The van der Waals surface area contributed by atoms with E-state index in [2.05, 4.69) is 10.6 Å². The van der Waals surface area contributed by atoms with E-state index in [0.29, 0.717) is 6.54 Å². The SMILES string of the molecule is CNCC1(O)CC[N-]CC1.[CH3-].[V+2]. The van der Waals surface area contributed by atoms with E-state index in [4.69, 9.17) is 0 Å². The largest absolute Gasteiger partial charge is 2.00 e. The van der Waals surface area contributed by atoms with E-state index < -0.39 is 5.60 Å². The Hall–Kier alpha value is 0.464. The fourth-order valence-electron chi connectivity index (χ4n) is 1.32. The Morgan fingerprint density at radius 3 is 2.33 bits per heavy atom. The van der Waals surface area contributed by atoms with Crippen LogP contribution in [0.5, 0.6) is 0 Å². The quantitative estimate of drug-likeness (QED) is 0.652. The van der Waals surface area contributed by atoms with Crippen LogP contribution in [0.2, 0.25) is 0 Å². The van der Waals surface area contributed by atoms with Gasteiger partial charge in [-0.15, -0.1) is 13.1 Å². The molecule has 3 nitrogen and oxygen atoms in total. The van der Waals surface area contributed by atoms with Crippen LogP contribution in [-0.2, 0) is 18.6 Å². The van der Waals surface area contributed by atoms with Crippen molar-refractivity contribution in [3.63, 3.8) is 0 Å². The third-order valence-corrected chi connectivity index (χ3v) is 1.98. The van der Waals surface area contributed by atoms with E-state index in [0.717, 1.165) is 25.9 Å². The first-order valence-corrected chi connectivity index (χ1v) is 3.77. The normalized spacial score (nSPS) is 20.5. The summed E-state index contributed by atoms with van der Waals surface area (Å²) in [5, 5.41) is 16.9. The number of rotatable bonds is 2. The number of nitrogens with zero attached hydrogens (tertiary/aromatic N) is 1. The first kappa shape index (κ1) is 15.0. The second-order valence-electron chi connectivity index (χ2n) is 2.93. The van der Waals surface area contributed by atoms with Crippen molar-refractivity contribution in [2.45, 2.75) is 18.4 Å². The van der Waals surface area contributed by atoms with Crippen molar-refractivity contribution in [1.29, 1.82) is 0 Å². The van der Waals surface area contributed by atoms with E-state index in [-0.39, 0.29) is 26.0 Å². The van der Waals surface area contributed by atoms with Crippen LogP contribution in [0.1, 0.15) is 12.8 Å². The molecular weight excluding hydrogens is 191 g/mol. The third-order valence-electron chi connectivity index (χ3n) is 1.98. The molecule has 0 spiro atoms. The van der Waals surface area contributed by atoms with Crippen LogP contribution in [0, 0.1) is 7.43 Å². The molecule has 1 aliphatic rings. The Labute approximate surface area is 87.2 Å². The van der Waals surface area contributed by atoms with Gasteiger partial charge in [-0.3, -0.25) is 0 Å². The molecule has 0 aliphatic carbocycles. The minimum atomic E-state index is -0.476. The van der Waals surface area contributed by atoms with Crippen LogP contribution in [0.15, 0.2) is 0 Å². The van der Waals surface area contributed by atoms with Gasteiger partial charge in [0.2, 0.25) is 0 Å². The molecule has 0 bridgehead atoms. The number of nitrogens with one attached hydrogen (secondary N) is 1. The maximum atomic E-state index is 9.75. The van der Waals surface area contributed by atoms with Gasteiger partial charge >= 0.3 is 18.6 Å². The van der Waals surface area contributed by atoms with E-state index in [1.807, 2.05) is 7.05 Å². The monoisotopic (exact) mass is 209 g/mol. The fourth-order valence-corrected chi connectivity index (χ4v) is 1.32. The standard InChI is InChI=1S/C7H15N2O.CH3.V/c1-8-6-7(10)2-4-9-5-3-7;;/h8,10H,2-6H2,1H3;1H3;/q2*-1;+2. The second-order valence-corrected chi connectivity index (χ2v) is 2.93. The van der Waals surface area contributed by atoms with Gasteiger partial charge < -0.3 is 23.2 Å². The smallest absolute Gasteiger partial charge is 0.662 e. The van der Waals surface area contributed by atoms with Crippen molar-refractivity contribution < 1.29 is 23.7 Å². The van der Waals surface area contributed by atoms with Crippen LogP contribution >= 0.6 is 0 Å². The number of likely N-dealkylation sites (N-methyl/N-ethyl adjacent to an activating group) is 1. The first-order chi connectivity index (χ1) is 4.77. The van der Waals surface area contributed by atoms with Crippen LogP contribution < -0.4 is 5.32 Å². The zero-order valence-electron chi connectivity index (χ0n) is 7.88. The van der Waals surface area contributed by atoms with Crippen molar-refractivity contribution >= 4 is 0 Å². The minimum absolute atomic E-state index is 0. The number of aliphatic hydroxyl groups is 1. The van der Waals surface area contributed by atoms with Gasteiger partial charge in [0.05, 0.1) is 5.60 Å². The molecule has 0 amide bonds. The number of hydrogen-bond donors (Lipinski definition) is 2. The number of hydrogen-bond acceptors (Lipinski definition) is 2. The Morgan fingerprint density at radius 1 is 1.42 bits per heavy atom. The molecule has 0 aromatic heterocycles. The maximum absolute atomic E-state index is 9.75. The van der Waals surface area contributed by atoms with Gasteiger partial charge in [-0.1, -0.05) is 0 Å². The van der Waals surface area contributed by atoms with Gasteiger partial charge in [0.25, 0.3) is 0 Å². The molecular formula is C8H18N2OV. The van der Waals surface area contributed by atoms with E-state index in [1.54, 1.807) is 0 Å². The maximum Gasteiger partial charge on any atom is 2.00 e. The Bertz CT molecular complexity index is 99.7. The zero-order valence-corrected chi connectivity index (χ0v) is 9.27. The summed E-state index contributed by atoms with van der Waals surface area (Å²) in [5.41, 5.74) is -0.476. The molecule has 1 aliphatic heterocycles. The molecule has 0 aromatic carbocycles. The summed E-state index contributed by atoms with van der Waals surface area (Å²) in [4.78, 5) is 0. The average molecular weight is 209 g/mol. The zero-order chi connectivity index (χ0) is 7.45. The summed E-state index contributed by atoms with van der Waals surface area (Å²) in [6.07, 6.45) is 1.63. The molecule has 1 heterocycles. The Kier molecular flexibility index (Phi) is 8.63. The third kappa shape index (κ3) is 4.48. The minimum Gasteiger partial charge on any atom is -0.662 e. The van der Waals surface area contributed by atoms with Crippen LogP contribution in [0.3, 0.4) is 0 Å². The van der Waals surface area contributed by atoms with Crippen LogP contribution in [-0.4, -0.2) is 37.4 Å². The Morgan fingerprint density at radius 2 is 1.92 bits per heavy atom. The molecule has 0 atom stereocenters. The molecule has 2 N–H and O–H groups in total. The van der Waals surface area contributed by atoms with Gasteiger partial charge in [-0.05, 0) is 19.9 Å². The summed E-state index contributed by atoms with van der Waals surface area (Å²) in [7, 11) is 1.86. The molecule has 1 rings (SSSR count). The van der Waals surface area contributed by atoms with Crippen LogP contribution in [0.25, 0.3) is 5.32 Å². The topological polar surface area (TPSA) is 46.4 Å². The first-order valence-electron chi connectivity index (χ1n) is 3.77. The van der Waals surface area contributed by atoms with Gasteiger partial charge in [0.15, 0.2) is 0 Å². The van der Waals surface area contributed by atoms with E-state index in [9.17, 15) is 5.11 Å². The van der Waals surface area contributed by atoms with E-state index >= 15 is 0 Å². The molecule has 4 heteroatoms. The van der Waals surface area contributed by atoms with Crippen molar-refractivity contribution in [3.8, 4) is 0 Å². The van der Waals surface area contributed by atoms with Crippen molar-refractivity contribution in [1.82, 2.24) is 5.32 Å². The van der Waals surface area contributed by atoms with Crippen molar-refractivity contribution in [2.75, 3.05) is 26.7 Å². The average Bonchev–Trinajstić information content (AvgIpc) is 1.89. The molecule has 1 fully saturated rings. The molecule has 12 heavy (non-hydrogen) atoms. The van der Waals surface area contributed by atoms with Crippen molar-refractivity contribution in [3.05, 3.63) is 12.7 Å². The fraction of sp³-hybridized carbons (Fsp3) is 0.875. The van der Waals surface area contributed by atoms with Gasteiger partial charge in [-0.25, -0.2) is 0 Å². The van der Waals surface area contributed by atoms with Gasteiger partial charge in [0, 0.05) is 6.54 Å². The molecule has 1 saturated heterocycles. The molecule has 0 saturated carbocycles. The summed E-state index contributed by atoms with van der Waals surface area (Å²) >= 11 is 0. The molecule has 71 valence electrons. The summed E-state index contributed by atoms with van der Waals surface area (Å²) < 4.78 is 0. The molecule has 1 radical (unpaired) electrons. The second kappa shape index (κ2) is 6.92. The Balaban J connectivity index is 0. The molecule has 0 unspecified atom stereocenters. The summed E-state index contributed by atoms with van der Waals surface area (Å²) in [6, 6.07) is 0. The predicted molar refractivity (Wildman–Crippen MR) is 47.6 cm³/mol. The van der Waals surface area contributed by atoms with Gasteiger partial charge in [-0.2, -0.15) is 0 Å². The van der Waals surface area contributed by atoms with Crippen molar-refractivity contribution in [2.24, 2.45) is 0 Å². The van der Waals surface area contributed by atoms with E-state index in [1.165, 1.54) is 0 Å². The number of piperidine rings is 1. The summed E-state index contributed by atoms with van der Waals surface area (Å²) in [6.45, 7) is 2.33. The van der Waals surface area contributed by atoms with Crippen LogP contribution in [0.4, 0.5) is 0 Å². The predicted octanol–water partition coefficient (Wildman–Crippen LogP) is 0.552. The molecule has 0 aromatic rings.